The van der Waals surface area contributed by atoms with Crippen molar-refractivity contribution in [2.45, 2.75) is 26.8 Å². The van der Waals surface area contributed by atoms with E-state index in [0.29, 0.717) is 5.69 Å². The van der Waals surface area contributed by atoms with Gasteiger partial charge in [0.15, 0.2) is 0 Å². The summed E-state index contributed by atoms with van der Waals surface area (Å²) in [6.07, 6.45) is 1.76. The van der Waals surface area contributed by atoms with Crippen molar-refractivity contribution in [1.82, 2.24) is 15.1 Å². The van der Waals surface area contributed by atoms with Gasteiger partial charge in [-0.05, 0) is 26.5 Å². The van der Waals surface area contributed by atoms with Crippen molar-refractivity contribution in [3.05, 3.63) is 51.8 Å². The van der Waals surface area contributed by atoms with Crippen molar-refractivity contribution in [1.29, 1.82) is 0 Å². The van der Waals surface area contributed by atoms with Crippen molar-refractivity contribution >= 4 is 5.69 Å². The molecule has 0 spiro atoms. The highest BCUT2D eigenvalue weighted by molar-refractivity contribution is 5.52. The monoisotopic (exact) mass is 274 g/mol. The summed E-state index contributed by atoms with van der Waals surface area (Å²) in [5.41, 5.74) is 2.50. The molecular formula is C14H18N4O2. The van der Waals surface area contributed by atoms with E-state index in [1.165, 1.54) is 6.07 Å². The van der Waals surface area contributed by atoms with Crippen LogP contribution in [0.4, 0.5) is 5.69 Å². The van der Waals surface area contributed by atoms with Gasteiger partial charge in [0.1, 0.15) is 5.69 Å². The largest absolute Gasteiger partial charge is 0.310 e. The number of nitro benzene ring substituents is 1. The molecule has 0 fully saturated rings. The van der Waals surface area contributed by atoms with Crippen molar-refractivity contribution < 1.29 is 4.92 Å². The molecule has 1 heterocycles. The molecule has 1 unspecified atom stereocenters. The minimum Gasteiger partial charge on any atom is -0.310 e. The van der Waals surface area contributed by atoms with E-state index in [9.17, 15) is 10.1 Å². The predicted molar refractivity (Wildman–Crippen MR) is 77.0 cm³/mol. The van der Waals surface area contributed by atoms with Gasteiger partial charge in [-0.3, -0.25) is 10.1 Å². The summed E-state index contributed by atoms with van der Waals surface area (Å²) in [6, 6.07) is 6.79. The molecule has 0 aliphatic heterocycles. The first-order chi connectivity index (χ1) is 9.56. The molecule has 0 aliphatic rings. The Morgan fingerprint density at radius 3 is 2.80 bits per heavy atom. The lowest BCUT2D eigenvalue weighted by Crippen LogP contribution is -2.18. The first kappa shape index (κ1) is 14.2. The summed E-state index contributed by atoms with van der Waals surface area (Å²) >= 11 is 0. The van der Waals surface area contributed by atoms with Crippen molar-refractivity contribution in [3.63, 3.8) is 0 Å². The molecule has 1 aromatic heterocycles. The third-order valence-corrected chi connectivity index (χ3v) is 3.33. The summed E-state index contributed by atoms with van der Waals surface area (Å²) in [4.78, 5) is 10.7. The Labute approximate surface area is 117 Å². The van der Waals surface area contributed by atoms with Gasteiger partial charge in [-0.25, -0.2) is 4.68 Å². The van der Waals surface area contributed by atoms with Crippen LogP contribution < -0.4 is 5.32 Å². The van der Waals surface area contributed by atoms with Gasteiger partial charge in [-0.2, -0.15) is 5.10 Å². The first-order valence-electron chi connectivity index (χ1n) is 6.58. The Morgan fingerprint density at radius 1 is 1.45 bits per heavy atom. The number of nitro groups is 1. The summed E-state index contributed by atoms with van der Waals surface area (Å²) < 4.78 is 1.63. The van der Waals surface area contributed by atoms with Gasteiger partial charge in [0.2, 0.25) is 0 Å². The third kappa shape index (κ3) is 2.55. The molecule has 0 aliphatic carbocycles. The second kappa shape index (κ2) is 5.83. The predicted octanol–water partition coefficient (Wildman–Crippen LogP) is 2.76. The highest BCUT2D eigenvalue weighted by Gasteiger charge is 2.19. The highest BCUT2D eigenvalue weighted by atomic mass is 16.6. The van der Waals surface area contributed by atoms with Crippen LogP contribution in [0.1, 0.15) is 31.1 Å². The van der Waals surface area contributed by atoms with E-state index in [1.807, 2.05) is 13.8 Å². The molecule has 1 atom stereocenters. The average molecular weight is 274 g/mol. The molecule has 0 radical (unpaired) electrons. The number of hydrogen-bond acceptors (Lipinski definition) is 4. The zero-order valence-electron chi connectivity index (χ0n) is 11.8. The minimum atomic E-state index is -0.385. The normalized spacial score (nSPS) is 12.3. The van der Waals surface area contributed by atoms with Crippen molar-refractivity contribution in [2.75, 3.05) is 6.54 Å². The van der Waals surface area contributed by atoms with Crippen LogP contribution in [-0.2, 0) is 0 Å². The zero-order chi connectivity index (χ0) is 14.7. The van der Waals surface area contributed by atoms with E-state index < -0.39 is 0 Å². The van der Waals surface area contributed by atoms with Crippen LogP contribution in [0, 0.1) is 17.0 Å². The molecule has 20 heavy (non-hydrogen) atoms. The highest BCUT2D eigenvalue weighted by Crippen LogP contribution is 2.26. The Bertz CT molecular complexity index is 621. The fraction of sp³-hybridized carbons (Fsp3) is 0.357. The summed E-state index contributed by atoms with van der Waals surface area (Å²) in [6.45, 7) is 6.87. The number of nitrogens with one attached hydrogen (secondary N) is 1. The van der Waals surface area contributed by atoms with Gasteiger partial charge < -0.3 is 5.32 Å². The van der Waals surface area contributed by atoms with Crippen LogP contribution >= 0.6 is 0 Å². The molecule has 0 saturated heterocycles. The minimum absolute atomic E-state index is 0.0568. The number of nitrogens with zero attached hydrogens (tertiary/aromatic N) is 3. The van der Waals surface area contributed by atoms with Gasteiger partial charge in [0.25, 0.3) is 5.69 Å². The Morgan fingerprint density at radius 2 is 2.15 bits per heavy atom. The molecule has 6 nitrogen and oxygen atoms in total. The Kier molecular flexibility index (Phi) is 4.14. The maximum atomic E-state index is 11.1. The van der Waals surface area contributed by atoms with Gasteiger partial charge in [-0.1, -0.05) is 19.1 Å². The molecule has 2 rings (SSSR count). The van der Waals surface area contributed by atoms with Crippen LogP contribution in [0.5, 0.6) is 0 Å². The molecule has 0 bridgehead atoms. The summed E-state index contributed by atoms with van der Waals surface area (Å²) in [5.74, 6) is 0. The fourth-order valence-corrected chi connectivity index (χ4v) is 2.30. The molecule has 1 aromatic carbocycles. The topological polar surface area (TPSA) is 73.0 Å². The van der Waals surface area contributed by atoms with E-state index in [2.05, 4.69) is 17.3 Å². The lowest BCUT2D eigenvalue weighted by atomic mass is 10.1. The van der Waals surface area contributed by atoms with E-state index >= 15 is 0 Å². The van der Waals surface area contributed by atoms with Gasteiger partial charge >= 0.3 is 0 Å². The number of para-hydroxylation sites is 2. The van der Waals surface area contributed by atoms with Crippen LogP contribution in [0.25, 0.3) is 5.69 Å². The van der Waals surface area contributed by atoms with Gasteiger partial charge in [-0.15, -0.1) is 0 Å². The summed E-state index contributed by atoms with van der Waals surface area (Å²) in [5, 5.41) is 18.7. The quantitative estimate of drug-likeness (QED) is 0.672. The lowest BCUT2D eigenvalue weighted by Gasteiger charge is -2.12. The molecule has 0 amide bonds. The second-order valence-corrected chi connectivity index (χ2v) is 4.62. The standard InChI is InChI=1S/C14H18N4O2/c1-4-15-10(2)12-9-16-17(11(12)3)13-7-5-6-8-14(13)18(19)20/h5-10,15H,4H2,1-3H3. The first-order valence-corrected chi connectivity index (χ1v) is 6.58. The second-order valence-electron chi connectivity index (χ2n) is 4.62. The Balaban J connectivity index is 2.47. The third-order valence-electron chi connectivity index (χ3n) is 3.33. The van der Waals surface area contributed by atoms with Gasteiger partial charge in [0, 0.05) is 23.4 Å². The zero-order valence-corrected chi connectivity index (χ0v) is 11.8. The fourth-order valence-electron chi connectivity index (χ4n) is 2.30. The van der Waals surface area contributed by atoms with Gasteiger partial charge in [0.05, 0.1) is 11.1 Å². The molecule has 2 aromatic rings. The maximum Gasteiger partial charge on any atom is 0.294 e. The summed E-state index contributed by atoms with van der Waals surface area (Å²) in [7, 11) is 0. The van der Waals surface area contributed by atoms with E-state index in [-0.39, 0.29) is 16.7 Å². The number of benzene rings is 1. The van der Waals surface area contributed by atoms with Crippen LogP contribution in [0.2, 0.25) is 0 Å². The van der Waals surface area contributed by atoms with Crippen molar-refractivity contribution in [3.8, 4) is 5.69 Å². The Hall–Kier alpha value is -2.21. The number of aromatic nitrogens is 2. The van der Waals surface area contributed by atoms with Crippen LogP contribution in [0.3, 0.4) is 0 Å². The lowest BCUT2D eigenvalue weighted by molar-refractivity contribution is -0.384. The molecule has 106 valence electrons. The maximum absolute atomic E-state index is 11.1. The number of hydrogen-bond donors (Lipinski definition) is 1. The molecule has 6 heteroatoms. The molecule has 0 saturated carbocycles. The van der Waals surface area contributed by atoms with Crippen LogP contribution in [-0.4, -0.2) is 21.2 Å². The van der Waals surface area contributed by atoms with E-state index in [4.69, 9.17) is 0 Å². The average Bonchev–Trinajstić information content (AvgIpc) is 2.80. The number of rotatable bonds is 5. The SMILES string of the molecule is CCNC(C)c1cnn(-c2ccccc2[N+](=O)[O-])c1C. The molecular weight excluding hydrogens is 256 g/mol. The van der Waals surface area contributed by atoms with E-state index in [0.717, 1.165) is 17.8 Å². The molecule has 1 N–H and O–H groups in total. The smallest absolute Gasteiger partial charge is 0.294 e. The van der Waals surface area contributed by atoms with Crippen molar-refractivity contribution in [2.24, 2.45) is 0 Å². The van der Waals surface area contributed by atoms with Crippen LogP contribution in [0.15, 0.2) is 30.5 Å². The van der Waals surface area contributed by atoms with E-state index in [1.54, 1.807) is 29.1 Å².